The zero-order chi connectivity index (χ0) is 11.1. The van der Waals surface area contributed by atoms with Crippen LogP contribution >= 0.6 is 0 Å². The molecule has 0 saturated carbocycles. The second-order valence-electron chi connectivity index (χ2n) is 4.25. The number of hydrogen-bond donors (Lipinski definition) is 1. The Labute approximate surface area is 92.2 Å². The average molecular weight is 211 g/mol. The molecule has 1 saturated heterocycles. The molecule has 0 spiro atoms. The van der Waals surface area contributed by atoms with Crippen LogP contribution in [0.25, 0.3) is 0 Å². The van der Waals surface area contributed by atoms with Crippen molar-refractivity contribution < 1.29 is 4.74 Å². The minimum absolute atomic E-state index is 0.369. The molecule has 0 aliphatic carbocycles. The van der Waals surface area contributed by atoms with Gasteiger partial charge in [0.15, 0.2) is 0 Å². The van der Waals surface area contributed by atoms with Crippen molar-refractivity contribution in [3.63, 3.8) is 0 Å². The molecule has 0 aromatic rings. The van der Waals surface area contributed by atoms with Gasteiger partial charge in [0, 0.05) is 13.1 Å². The number of ether oxygens (including phenoxy) is 1. The molecule has 1 aliphatic heterocycles. The molecule has 1 aliphatic rings. The predicted octanol–water partition coefficient (Wildman–Crippen LogP) is 0.600. The van der Waals surface area contributed by atoms with E-state index in [0.717, 1.165) is 45.7 Å². The molecular formula is C11H21N3O. The first kappa shape index (κ1) is 12.4. The van der Waals surface area contributed by atoms with Crippen LogP contribution in [0.2, 0.25) is 0 Å². The van der Waals surface area contributed by atoms with Crippen molar-refractivity contribution in [1.82, 2.24) is 10.2 Å². The largest absolute Gasteiger partial charge is 0.379 e. The molecule has 1 fully saturated rings. The van der Waals surface area contributed by atoms with E-state index in [1.165, 1.54) is 0 Å². The summed E-state index contributed by atoms with van der Waals surface area (Å²) in [5, 5.41) is 12.0. The predicted molar refractivity (Wildman–Crippen MR) is 59.6 cm³/mol. The van der Waals surface area contributed by atoms with Crippen LogP contribution in [0.5, 0.6) is 0 Å². The number of morpholine rings is 1. The van der Waals surface area contributed by atoms with Crippen LogP contribution in [0.15, 0.2) is 0 Å². The molecule has 86 valence electrons. The Balaban J connectivity index is 2.17. The molecule has 0 amide bonds. The maximum atomic E-state index is 8.98. The Morgan fingerprint density at radius 2 is 2.13 bits per heavy atom. The van der Waals surface area contributed by atoms with Crippen LogP contribution in [-0.4, -0.2) is 50.3 Å². The SMILES string of the molecule is CNC(C)(C#N)CCCN1CCOCC1. The monoisotopic (exact) mass is 211 g/mol. The molecule has 0 aromatic carbocycles. The Morgan fingerprint density at radius 3 is 2.67 bits per heavy atom. The summed E-state index contributed by atoms with van der Waals surface area (Å²) >= 11 is 0. The Kier molecular flexibility index (Phi) is 5.03. The van der Waals surface area contributed by atoms with Gasteiger partial charge in [-0.25, -0.2) is 0 Å². The molecule has 0 aromatic heterocycles. The fourth-order valence-corrected chi connectivity index (χ4v) is 1.72. The van der Waals surface area contributed by atoms with E-state index in [1.807, 2.05) is 14.0 Å². The average Bonchev–Trinajstić information content (AvgIpc) is 2.30. The van der Waals surface area contributed by atoms with Gasteiger partial charge in [-0.2, -0.15) is 5.26 Å². The number of rotatable bonds is 5. The standard InChI is InChI=1S/C11H21N3O/c1-11(10-12,13-2)4-3-5-14-6-8-15-9-7-14/h13H,3-9H2,1-2H3. The minimum atomic E-state index is -0.369. The van der Waals surface area contributed by atoms with E-state index in [2.05, 4.69) is 16.3 Å². The van der Waals surface area contributed by atoms with Gasteiger partial charge in [0.1, 0.15) is 5.54 Å². The summed E-state index contributed by atoms with van der Waals surface area (Å²) in [7, 11) is 1.85. The number of nitriles is 1. The molecular weight excluding hydrogens is 190 g/mol. The van der Waals surface area contributed by atoms with Gasteiger partial charge in [-0.05, 0) is 33.4 Å². The summed E-state index contributed by atoms with van der Waals surface area (Å²) in [5.74, 6) is 0. The van der Waals surface area contributed by atoms with E-state index in [1.54, 1.807) is 0 Å². The normalized spacial score (nSPS) is 21.9. The maximum Gasteiger partial charge on any atom is 0.103 e. The van der Waals surface area contributed by atoms with E-state index < -0.39 is 0 Å². The summed E-state index contributed by atoms with van der Waals surface area (Å²) in [5.41, 5.74) is -0.369. The van der Waals surface area contributed by atoms with Gasteiger partial charge in [-0.3, -0.25) is 4.90 Å². The third-order valence-electron chi connectivity index (χ3n) is 3.05. The lowest BCUT2D eigenvalue weighted by Crippen LogP contribution is -2.40. The van der Waals surface area contributed by atoms with E-state index in [4.69, 9.17) is 10.00 Å². The van der Waals surface area contributed by atoms with E-state index in [-0.39, 0.29) is 5.54 Å². The van der Waals surface area contributed by atoms with Crippen LogP contribution < -0.4 is 5.32 Å². The first-order valence-corrected chi connectivity index (χ1v) is 5.60. The Hall–Kier alpha value is -0.630. The van der Waals surface area contributed by atoms with Crippen LogP contribution in [0.3, 0.4) is 0 Å². The van der Waals surface area contributed by atoms with Crippen molar-refractivity contribution in [2.45, 2.75) is 25.3 Å². The summed E-state index contributed by atoms with van der Waals surface area (Å²) in [6.45, 7) is 6.78. The smallest absolute Gasteiger partial charge is 0.103 e. The lowest BCUT2D eigenvalue weighted by molar-refractivity contribution is 0.0366. The number of hydrogen-bond acceptors (Lipinski definition) is 4. The van der Waals surface area contributed by atoms with Crippen molar-refractivity contribution in [3.05, 3.63) is 0 Å². The molecule has 0 radical (unpaired) electrons. The van der Waals surface area contributed by atoms with Gasteiger partial charge in [-0.15, -0.1) is 0 Å². The number of nitrogens with one attached hydrogen (secondary N) is 1. The van der Waals surface area contributed by atoms with Crippen LogP contribution in [0, 0.1) is 11.3 Å². The molecule has 4 heteroatoms. The molecule has 0 bridgehead atoms. The lowest BCUT2D eigenvalue weighted by Gasteiger charge is -2.28. The highest BCUT2D eigenvalue weighted by Gasteiger charge is 2.21. The Bertz CT molecular complexity index is 220. The highest BCUT2D eigenvalue weighted by Crippen LogP contribution is 2.11. The van der Waals surface area contributed by atoms with Gasteiger partial charge in [-0.1, -0.05) is 0 Å². The zero-order valence-corrected chi connectivity index (χ0v) is 9.75. The lowest BCUT2D eigenvalue weighted by atomic mass is 9.98. The summed E-state index contributed by atoms with van der Waals surface area (Å²) < 4.78 is 5.28. The molecule has 1 atom stereocenters. The van der Waals surface area contributed by atoms with Crippen LogP contribution in [-0.2, 0) is 4.74 Å². The highest BCUT2D eigenvalue weighted by molar-refractivity contribution is 5.02. The zero-order valence-electron chi connectivity index (χ0n) is 9.75. The fraction of sp³-hybridized carbons (Fsp3) is 0.909. The maximum absolute atomic E-state index is 8.98. The molecule has 4 nitrogen and oxygen atoms in total. The first-order chi connectivity index (χ1) is 7.20. The Morgan fingerprint density at radius 1 is 1.47 bits per heavy atom. The topological polar surface area (TPSA) is 48.3 Å². The van der Waals surface area contributed by atoms with Gasteiger partial charge >= 0.3 is 0 Å². The van der Waals surface area contributed by atoms with E-state index in [0.29, 0.717) is 0 Å². The van der Waals surface area contributed by atoms with Crippen molar-refractivity contribution >= 4 is 0 Å². The third kappa shape index (κ3) is 4.17. The second kappa shape index (κ2) is 6.06. The van der Waals surface area contributed by atoms with E-state index in [9.17, 15) is 0 Å². The van der Waals surface area contributed by atoms with Crippen molar-refractivity contribution in [2.75, 3.05) is 39.9 Å². The summed E-state index contributed by atoms with van der Waals surface area (Å²) in [6.07, 6.45) is 1.96. The molecule has 1 heterocycles. The fourth-order valence-electron chi connectivity index (χ4n) is 1.72. The quantitative estimate of drug-likeness (QED) is 0.723. The second-order valence-corrected chi connectivity index (χ2v) is 4.25. The minimum Gasteiger partial charge on any atom is -0.379 e. The van der Waals surface area contributed by atoms with Gasteiger partial charge in [0.2, 0.25) is 0 Å². The molecule has 1 unspecified atom stereocenters. The highest BCUT2D eigenvalue weighted by atomic mass is 16.5. The molecule has 1 N–H and O–H groups in total. The summed E-state index contributed by atoms with van der Waals surface area (Å²) in [4.78, 5) is 2.40. The molecule has 1 rings (SSSR count). The third-order valence-corrected chi connectivity index (χ3v) is 3.05. The summed E-state index contributed by atoms with van der Waals surface area (Å²) in [6, 6.07) is 2.31. The van der Waals surface area contributed by atoms with E-state index >= 15 is 0 Å². The first-order valence-electron chi connectivity index (χ1n) is 5.60. The van der Waals surface area contributed by atoms with Crippen molar-refractivity contribution in [3.8, 4) is 6.07 Å². The molecule has 15 heavy (non-hydrogen) atoms. The van der Waals surface area contributed by atoms with Crippen molar-refractivity contribution in [1.29, 1.82) is 5.26 Å². The van der Waals surface area contributed by atoms with Gasteiger partial charge in [0.05, 0.1) is 19.3 Å². The van der Waals surface area contributed by atoms with Crippen LogP contribution in [0.1, 0.15) is 19.8 Å². The number of nitrogens with zero attached hydrogens (tertiary/aromatic N) is 2. The van der Waals surface area contributed by atoms with Gasteiger partial charge < -0.3 is 10.1 Å². The van der Waals surface area contributed by atoms with Crippen LogP contribution in [0.4, 0.5) is 0 Å². The van der Waals surface area contributed by atoms with Gasteiger partial charge in [0.25, 0.3) is 0 Å². The van der Waals surface area contributed by atoms with Crippen molar-refractivity contribution in [2.24, 2.45) is 0 Å².